The van der Waals surface area contributed by atoms with Crippen molar-refractivity contribution in [3.8, 4) is 5.75 Å². The maximum atomic E-state index is 13.7. The van der Waals surface area contributed by atoms with Crippen molar-refractivity contribution in [2.75, 3.05) is 18.6 Å². The summed E-state index contributed by atoms with van der Waals surface area (Å²) in [4.78, 5) is 12.9. The SMILES string of the molecule is COc1ccc(S(=O)(=O)N(Cc2ccccc2)C2(C(=O)NO)CCSCC2)cc1. The molecule has 1 heterocycles. The topological polar surface area (TPSA) is 95.9 Å². The van der Waals surface area contributed by atoms with E-state index in [0.29, 0.717) is 30.1 Å². The number of hydrogen-bond donors (Lipinski definition) is 2. The van der Waals surface area contributed by atoms with Gasteiger partial charge in [-0.2, -0.15) is 16.1 Å². The van der Waals surface area contributed by atoms with Crippen molar-refractivity contribution in [2.24, 2.45) is 0 Å². The summed E-state index contributed by atoms with van der Waals surface area (Å²) >= 11 is 1.66. The van der Waals surface area contributed by atoms with Crippen LogP contribution in [0.3, 0.4) is 0 Å². The summed E-state index contributed by atoms with van der Waals surface area (Å²) in [5.41, 5.74) is 1.10. The molecule has 2 aromatic rings. The van der Waals surface area contributed by atoms with Gasteiger partial charge in [-0.15, -0.1) is 0 Å². The van der Waals surface area contributed by atoms with Crippen molar-refractivity contribution in [1.29, 1.82) is 0 Å². The molecular formula is C20H24N2O5S2. The molecule has 7 nitrogen and oxygen atoms in total. The molecule has 1 saturated heterocycles. The second-order valence-electron chi connectivity index (χ2n) is 6.76. The number of carbonyl (C=O) groups is 1. The van der Waals surface area contributed by atoms with Crippen LogP contribution in [-0.4, -0.2) is 48.0 Å². The number of methoxy groups -OCH3 is 1. The zero-order valence-electron chi connectivity index (χ0n) is 16.1. The summed E-state index contributed by atoms with van der Waals surface area (Å²) in [7, 11) is -2.54. The van der Waals surface area contributed by atoms with Crippen molar-refractivity contribution < 1.29 is 23.2 Å². The fourth-order valence-electron chi connectivity index (χ4n) is 3.49. The van der Waals surface area contributed by atoms with E-state index in [1.165, 1.54) is 23.5 Å². The molecule has 156 valence electrons. The Balaban J connectivity index is 2.11. The molecule has 0 unspecified atom stereocenters. The first-order chi connectivity index (χ1) is 13.9. The monoisotopic (exact) mass is 436 g/mol. The first-order valence-electron chi connectivity index (χ1n) is 9.17. The predicted molar refractivity (Wildman–Crippen MR) is 111 cm³/mol. The normalized spacial score (nSPS) is 16.4. The Kier molecular flexibility index (Phi) is 6.84. The molecule has 1 aliphatic rings. The van der Waals surface area contributed by atoms with E-state index in [2.05, 4.69) is 0 Å². The van der Waals surface area contributed by atoms with Crippen LogP contribution in [0.4, 0.5) is 0 Å². The number of nitrogens with one attached hydrogen (secondary N) is 1. The van der Waals surface area contributed by atoms with E-state index in [-0.39, 0.29) is 11.4 Å². The van der Waals surface area contributed by atoms with Crippen LogP contribution in [0.15, 0.2) is 59.5 Å². The van der Waals surface area contributed by atoms with Crippen LogP contribution >= 0.6 is 11.8 Å². The molecule has 0 atom stereocenters. The second-order valence-corrected chi connectivity index (χ2v) is 9.84. The number of hydroxylamine groups is 1. The summed E-state index contributed by atoms with van der Waals surface area (Å²) in [6.45, 7) is 0.0211. The Hall–Kier alpha value is -2.07. The van der Waals surface area contributed by atoms with Crippen LogP contribution in [0.2, 0.25) is 0 Å². The summed E-state index contributed by atoms with van der Waals surface area (Å²) < 4.78 is 33.7. The maximum absolute atomic E-state index is 13.7. The van der Waals surface area contributed by atoms with Gasteiger partial charge in [0.05, 0.1) is 12.0 Å². The lowest BCUT2D eigenvalue weighted by molar-refractivity contribution is -0.140. The van der Waals surface area contributed by atoms with Crippen LogP contribution in [0.5, 0.6) is 5.75 Å². The van der Waals surface area contributed by atoms with Gasteiger partial charge in [-0.3, -0.25) is 10.0 Å². The standard InChI is InChI=1S/C20H24N2O5S2/c1-27-17-7-9-18(10-8-17)29(25,26)22(15-16-5-3-2-4-6-16)20(19(23)21-24)11-13-28-14-12-20/h2-10,24H,11-15H2,1H3,(H,21,23). The van der Waals surface area contributed by atoms with Gasteiger partial charge in [0.25, 0.3) is 5.91 Å². The van der Waals surface area contributed by atoms with E-state index in [0.717, 1.165) is 5.56 Å². The second kappa shape index (κ2) is 9.17. The van der Waals surface area contributed by atoms with E-state index in [1.54, 1.807) is 29.4 Å². The Bertz CT molecular complexity index is 927. The first kappa shape index (κ1) is 21.6. The Morgan fingerprint density at radius 3 is 2.31 bits per heavy atom. The number of hydrogen-bond acceptors (Lipinski definition) is 6. The molecule has 0 aromatic heterocycles. The number of rotatable bonds is 7. The summed E-state index contributed by atoms with van der Waals surface area (Å²) in [5.74, 6) is 1.08. The Labute approximate surface area is 175 Å². The maximum Gasteiger partial charge on any atom is 0.264 e. The van der Waals surface area contributed by atoms with Crippen LogP contribution < -0.4 is 10.2 Å². The molecular weight excluding hydrogens is 412 g/mol. The molecule has 3 rings (SSSR count). The molecule has 0 saturated carbocycles. The van der Waals surface area contributed by atoms with Gasteiger partial charge in [0.2, 0.25) is 10.0 Å². The van der Waals surface area contributed by atoms with Gasteiger partial charge < -0.3 is 4.74 Å². The lowest BCUT2D eigenvalue weighted by atomic mass is 9.90. The van der Waals surface area contributed by atoms with Crippen LogP contribution in [-0.2, 0) is 21.4 Å². The van der Waals surface area contributed by atoms with Crippen molar-refractivity contribution >= 4 is 27.7 Å². The van der Waals surface area contributed by atoms with Crippen LogP contribution in [0.25, 0.3) is 0 Å². The van der Waals surface area contributed by atoms with Gasteiger partial charge >= 0.3 is 0 Å². The highest BCUT2D eigenvalue weighted by atomic mass is 32.2. The lowest BCUT2D eigenvalue weighted by Gasteiger charge is -2.43. The lowest BCUT2D eigenvalue weighted by Crippen LogP contribution is -2.61. The molecule has 1 amide bonds. The number of amides is 1. The van der Waals surface area contributed by atoms with Gasteiger partial charge in [0, 0.05) is 6.54 Å². The highest BCUT2D eigenvalue weighted by molar-refractivity contribution is 7.99. The fraction of sp³-hybridized carbons (Fsp3) is 0.350. The van der Waals surface area contributed by atoms with Crippen molar-refractivity contribution in [2.45, 2.75) is 29.8 Å². The Morgan fingerprint density at radius 2 is 1.76 bits per heavy atom. The van der Waals surface area contributed by atoms with Gasteiger partial charge in [-0.1, -0.05) is 30.3 Å². The fourth-order valence-corrected chi connectivity index (χ4v) is 6.44. The summed E-state index contributed by atoms with van der Waals surface area (Å²) in [5, 5.41) is 9.43. The van der Waals surface area contributed by atoms with Gasteiger partial charge in [0.15, 0.2) is 0 Å². The first-order valence-corrected chi connectivity index (χ1v) is 11.8. The minimum Gasteiger partial charge on any atom is -0.497 e. The molecule has 0 spiro atoms. The smallest absolute Gasteiger partial charge is 0.264 e. The molecule has 2 N–H and O–H groups in total. The number of thioether (sulfide) groups is 1. The van der Waals surface area contributed by atoms with Crippen LogP contribution in [0, 0.1) is 0 Å². The van der Waals surface area contributed by atoms with Gasteiger partial charge in [-0.25, -0.2) is 13.9 Å². The summed E-state index contributed by atoms with van der Waals surface area (Å²) in [6.07, 6.45) is 0.624. The summed E-state index contributed by atoms with van der Waals surface area (Å²) in [6, 6.07) is 15.2. The zero-order chi connectivity index (χ0) is 20.9. The van der Waals surface area contributed by atoms with E-state index in [9.17, 15) is 18.4 Å². The largest absolute Gasteiger partial charge is 0.497 e. The molecule has 9 heteroatoms. The quantitative estimate of drug-likeness (QED) is 0.512. The Morgan fingerprint density at radius 1 is 1.14 bits per heavy atom. The van der Waals surface area contributed by atoms with E-state index < -0.39 is 21.5 Å². The minimum atomic E-state index is -4.04. The predicted octanol–water partition coefficient (Wildman–Crippen LogP) is 2.66. The van der Waals surface area contributed by atoms with Crippen molar-refractivity contribution in [1.82, 2.24) is 9.79 Å². The molecule has 0 aliphatic carbocycles. The van der Waals surface area contributed by atoms with E-state index in [1.807, 2.05) is 30.3 Å². The number of benzene rings is 2. The number of carbonyl (C=O) groups excluding carboxylic acids is 1. The molecule has 29 heavy (non-hydrogen) atoms. The molecule has 1 fully saturated rings. The minimum absolute atomic E-state index is 0.0211. The van der Waals surface area contributed by atoms with E-state index >= 15 is 0 Å². The highest BCUT2D eigenvalue weighted by Gasteiger charge is 2.50. The average molecular weight is 437 g/mol. The van der Waals surface area contributed by atoms with Crippen LogP contribution in [0.1, 0.15) is 18.4 Å². The van der Waals surface area contributed by atoms with Gasteiger partial charge in [0.1, 0.15) is 11.3 Å². The van der Waals surface area contributed by atoms with Crippen molar-refractivity contribution in [3.63, 3.8) is 0 Å². The molecule has 1 aliphatic heterocycles. The number of ether oxygens (including phenoxy) is 1. The third kappa shape index (κ3) is 4.42. The third-order valence-electron chi connectivity index (χ3n) is 5.14. The zero-order valence-corrected chi connectivity index (χ0v) is 17.7. The van der Waals surface area contributed by atoms with Gasteiger partial charge in [-0.05, 0) is 54.2 Å². The number of nitrogens with zero attached hydrogens (tertiary/aromatic N) is 1. The third-order valence-corrected chi connectivity index (χ3v) is 8.05. The van der Waals surface area contributed by atoms with E-state index in [4.69, 9.17) is 4.74 Å². The highest BCUT2D eigenvalue weighted by Crippen LogP contribution is 2.38. The average Bonchev–Trinajstić information content (AvgIpc) is 2.78. The number of sulfonamides is 1. The molecule has 0 bridgehead atoms. The van der Waals surface area contributed by atoms with Crippen molar-refractivity contribution in [3.05, 3.63) is 60.2 Å². The molecule has 0 radical (unpaired) electrons. The molecule has 2 aromatic carbocycles.